The maximum atomic E-state index is 5.89. The van der Waals surface area contributed by atoms with Crippen LogP contribution in [-0.2, 0) is 11.3 Å². The van der Waals surface area contributed by atoms with Crippen molar-refractivity contribution in [2.45, 2.75) is 32.0 Å². The lowest BCUT2D eigenvalue weighted by Crippen LogP contribution is -2.31. The van der Waals surface area contributed by atoms with E-state index in [1.54, 1.807) is 17.5 Å². The maximum absolute atomic E-state index is 5.89. The van der Waals surface area contributed by atoms with Gasteiger partial charge in [0.05, 0.1) is 6.10 Å². The lowest BCUT2D eigenvalue weighted by Gasteiger charge is -2.19. The molecule has 0 spiro atoms. The Morgan fingerprint density at radius 3 is 3.04 bits per heavy atom. The number of hydrogen-bond donors (Lipinski definition) is 1. The quantitative estimate of drug-likeness (QED) is 0.766. The van der Waals surface area contributed by atoms with Gasteiger partial charge in [-0.25, -0.2) is 4.98 Å². The Morgan fingerprint density at radius 2 is 2.25 bits per heavy atom. The molecule has 3 aromatic heterocycles. The number of nitrogens with one attached hydrogen (secondary N) is 1. The van der Waals surface area contributed by atoms with Gasteiger partial charge in [0.15, 0.2) is 10.8 Å². The summed E-state index contributed by atoms with van der Waals surface area (Å²) in [4.78, 5) is 9.85. The Bertz CT molecular complexity index is 799. The van der Waals surface area contributed by atoms with Gasteiger partial charge < -0.3 is 14.5 Å². The van der Waals surface area contributed by atoms with Crippen molar-refractivity contribution in [2.75, 3.05) is 6.61 Å². The summed E-state index contributed by atoms with van der Waals surface area (Å²) in [5, 5.41) is 4.53. The summed E-state index contributed by atoms with van der Waals surface area (Å²) in [6.45, 7) is 3.50. The van der Waals surface area contributed by atoms with Crippen LogP contribution in [0.2, 0.25) is 0 Å². The van der Waals surface area contributed by atoms with Crippen LogP contribution in [0.5, 0.6) is 0 Å². The van der Waals surface area contributed by atoms with E-state index in [0.29, 0.717) is 6.04 Å². The highest BCUT2D eigenvalue weighted by atomic mass is 32.1. The summed E-state index contributed by atoms with van der Waals surface area (Å²) in [5.41, 5.74) is 1.13. The second-order valence-corrected chi connectivity index (χ2v) is 7.01. The van der Waals surface area contributed by atoms with Gasteiger partial charge in [-0.3, -0.25) is 4.98 Å². The number of pyridine rings is 1. The molecule has 1 aliphatic heterocycles. The highest BCUT2D eigenvalue weighted by molar-refractivity contribution is 7.14. The Kier molecular flexibility index (Phi) is 4.42. The molecule has 0 amide bonds. The van der Waals surface area contributed by atoms with E-state index in [1.165, 1.54) is 4.88 Å². The molecule has 24 heavy (non-hydrogen) atoms. The van der Waals surface area contributed by atoms with Gasteiger partial charge >= 0.3 is 0 Å². The van der Waals surface area contributed by atoms with Gasteiger partial charge in [0.1, 0.15) is 5.76 Å². The third-order valence-electron chi connectivity index (χ3n) is 4.15. The number of rotatable bonds is 5. The smallest absolute Gasteiger partial charge is 0.162 e. The van der Waals surface area contributed by atoms with Crippen LogP contribution in [0.3, 0.4) is 0 Å². The van der Waals surface area contributed by atoms with Crippen molar-refractivity contribution in [1.29, 1.82) is 0 Å². The minimum atomic E-state index is 0.0683. The van der Waals surface area contributed by atoms with Crippen molar-refractivity contribution in [3.63, 3.8) is 0 Å². The Labute approximate surface area is 144 Å². The van der Waals surface area contributed by atoms with E-state index in [9.17, 15) is 0 Å². The summed E-state index contributed by atoms with van der Waals surface area (Å²) in [6, 6.07) is 8.25. The van der Waals surface area contributed by atoms with Crippen molar-refractivity contribution in [1.82, 2.24) is 15.3 Å². The van der Waals surface area contributed by atoms with Gasteiger partial charge in [-0.1, -0.05) is 6.07 Å². The molecular formula is C18H19N3O2S. The molecule has 2 atom stereocenters. The zero-order valence-corrected chi connectivity index (χ0v) is 14.3. The van der Waals surface area contributed by atoms with E-state index in [-0.39, 0.29) is 6.10 Å². The fourth-order valence-electron chi connectivity index (χ4n) is 2.96. The van der Waals surface area contributed by atoms with Crippen LogP contribution in [-0.4, -0.2) is 22.6 Å². The zero-order valence-electron chi connectivity index (χ0n) is 13.4. The van der Waals surface area contributed by atoms with Gasteiger partial charge in [-0.05, 0) is 31.5 Å². The van der Waals surface area contributed by atoms with Crippen molar-refractivity contribution >= 4 is 11.3 Å². The van der Waals surface area contributed by atoms with Crippen LogP contribution in [0.4, 0.5) is 0 Å². The van der Waals surface area contributed by atoms with E-state index in [2.05, 4.69) is 21.4 Å². The molecule has 1 aliphatic rings. The molecule has 124 valence electrons. The first-order valence-corrected chi connectivity index (χ1v) is 8.87. The van der Waals surface area contributed by atoms with E-state index < -0.39 is 0 Å². The molecular weight excluding hydrogens is 322 g/mol. The Hall–Kier alpha value is -2.02. The molecule has 6 heteroatoms. The predicted molar refractivity (Wildman–Crippen MR) is 92.7 cm³/mol. The Balaban J connectivity index is 1.41. The first-order chi connectivity index (χ1) is 11.8. The average molecular weight is 341 g/mol. The summed E-state index contributed by atoms with van der Waals surface area (Å²) < 4.78 is 11.5. The molecule has 4 rings (SSSR count). The van der Waals surface area contributed by atoms with Gasteiger partial charge in [0, 0.05) is 48.2 Å². The van der Waals surface area contributed by atoms with Crippen LogP contribution in [0.25, 0.3) is 10.8 Å². The highest BCUT2D eigenvalue weighted by Crippen LogP contribution is 2.30. The normalized spacial score (nSPS) is 20.5. The first kappa shape index (κ1) is 15.5. The number of thiazole rings is 1. The Morgan fingerprint density at radius 1 is 1.29 bits per heavy atom. The highest BCUT2D eigenvalue weighted by Gasteiger charge is 2.29. The first-order valence-electron chi connectivity index (χ1n) is 8.06. The van der Waals surface area contributed by atoms with Crippen molar-refractivity contribution in [3.8, 4) is 10.8 Å². The monoisotopic (exact) mass is 341 g/mol. The lowest BCUT2D eigenvalue weighted by molar-refractivity contribution is 0.0982. The fraction of sp³-hybridized carbons (Fsp3) is 0.333. The van der Waals surface area contributed by atoms with Crippen molar-refractivity contribution in [2.24, 2.45) is 0 Å². The van der Waals surface area contributed by atoms with Crippen LogP contribution < -0.4 is 5.32 Å². The number of aryl methyl sites for hydroxylation is 1. The number of ether oxygens (including phenoxy) is 1. The molecule has 0 bridgehead atoms. The topological polar surface area (TPSA) is 60.2 Å². The molecule has 1 fully saturated rings. The third-order valence-corrected chi connectivity index (χ3v) is 5.16. The molecule has 0 unspecified atom stereocenters. The van der Waals surface area contributed by atoms with E-state index in [0.717, 1.165) is 41.7 Å². The van der Waals surface area contributed by atoms with E-state index >= 15 is 0 Å². The van der Waals surface area contributed by atoms with Gasteiger partial charge in [-0.2, -0.15) is 0 Å². The zero-order chi connectivity index (χ0) is 16.4. The van der Waals surface area contributed by atoms with Gasteiger partial charge in [0.25, 0.3) is 0 Å². The molecule has 0 aromatic carbocycles. The second-order valence-electron chi connectivity index (χ2n) is 5.90. The summed E-state index contributed by atoms with van der Waals surface area (Å²) in [6.07, 6.45) is 6.66. The molecule has 0 radical (unpaired) electrons. The number of aromatic nitrogens is 2. The van der Waals surface area contributed by atoms with Crippen LogP contribution in [0.1, 0.15) is 28.7 Å². The molecule has 1 N–H and O–H groups in total. The standard InChI is InChI=1S/C18H19N3O2S/c1-12-4-5-16(23-12)18-21-11-14(24-18)10-20-15-6-8-22-17(15)13-3-2-7-19-9-13/h2-5,7,9,11,15,17,20H,6,8,10H2,1H3/t15-,17+/m0/s1. The van der Waals surface area contributed by atoms with Crippen molar-refractivity contribution < 1.29 is 9.15 Å². The molecule has 5 nitrogen and oxygen atoms in total. The molecule has 3 aromatic rings. The van der Waals surface area contributed by atoms with Crippen LogP contribution >= 0.6 is 11.3 Å². The van der Waals surface area contributed by atoms with Gasteiger partial charge in [-0.15, -0.1) is 11.3 Å². The van der Waals surface area contributed by atoms with E-state index in [1.807, 2.05) is 37.5 Å². The second kappa shape index (κ2) is 6.84. The number of furan rings is 1. The SMILES string of the molecule is Cc1ccc(-c2ncc(CN[C@H]3CCO[C@@H]3c3cccnc3)s2)o1. The van der Waals surface area contributed by atoms with Crippen LogP contribution in [0.15, 0.2) is 47.3 Å². The van der Waals surface area contributed by atoms with E-state index in [4.69, 9.17) is 9.15 Å². The van der Waals surface area contributed by atoms with Crippen LogP contribution in [0, 0.1) is 6.92 Å². The largest absolute Gasteiger partial charge is 0.459 e. The minimum Gasteiger partial charge on any atom is -0.459 e. The molecule has 4 heterocycles. The third kappa shape index (κ3) is 3.26. The lowest BCUT2D eigenvalue weighted by atomic mass is 10.0. The maximum Gasteiger partial charge on any atom is 0.162 e. The molecule has 0 saturated carbocycles. The summed E-state index contributed by atoms with van der Waals surface area (Å²) in [7, 11) is 0. The summed E-state index contributed by atoms with van der Waals surface area (Å²) in [5.74, 6) is 1.74. The number of hydrogen-bond acceptors (Lipinski definition) is 6. The molecule has 1 saturated heterocycles. The predicted octanol–water partition coefficient (Wildman–Crippen LogP) is 3.73. The average Bonchev–Trinajstić information content (AvgIpc) is 3.34. The molecule has 0 aliphatic carbocycles. The number of nitrogens with zero attached hydrogens (tertiary/aromatic N) is 2. The van der Waals surface area contributed by atoms with Gasteiger partial charge in [0.2, 0.25) is 0 Å². The van der Waals surface area contributed by atoms with Crippen molar-refractivity contribution in [3.05, 3.63) is 59.1 Å². The fourth-order valence-corrected chi connectivity index (χ4v) is 3.78. The summed E-state index contributed by atoms with van der Waals surface area (Å²) >= 11 is 1.66. The minimum absolute atomic E-state index is 0.0683.